The molecule has 0 N–H and O–H groups in total. The molecule has 0 saturated heterocycles. The summed E-state index contributed by atoms with van der Waals surface area (Å²) in [5, 5.41) is 4.45. The van der Waals surface area contributed by atoms with Crippen LogP contribution in [0.5, 0.6) is 0 Å². The summed E-state index contributed by atoms with van der Waals surface area (Å²) in [6, 6.07) is 55.3. The number of nitrogens with zero attached hydrogens (tertiary/aromatic N) is 3. The van der Waals surface area contributed by atoms with Gasteiger partial charge in [0, 0.05) is 44.9 Å². The number of para-hydroxylation sites is 1. The predicted octanol–water partition coefficient (Wildman–Crippen LogP) is 13.6. The molecule has 2 heterocycles. The molecular weight excluding hydrogens is 695 g/mol. The first-order chi connectivity index (χ1) is 28.2. The standard InChI is InChI=1S/C53H35N3O/c1-2-11-34(12-3-1)36-23-26-39(27-24-36)45-19-9-20-46-49-47(21-10-22-48(49)57-50(45)46)53-55-51(54-52(56-53)42-32-25-35-13-4-5-15-41(35)33-42)40-30-28-38(29-31-40)44-18-8-16-37-14-6-7-17-43(37)44/h1-33,35,41H. The molecule has 0 fully saturated rings. The van der Waals surface area contributed by atoms with Crippen molar-refractivity contribution < 1.29 is 4.42 Å². The molecule has 0 radical (unpaired) electrons. The topological polar surface area (TPSA) is 51.8 Å². The first-order valence-electron chi connectivity index (χ1n) is 19.4. The average Bonchev–Trinajstić information content (AvgIpc) is 3.68. The van der Waals surface area contributed by atoms with E-state index in [-0.39, 0.29) is 5.92 Å². The second-order valence-corrected chi connectivity index (χ2v) is 14.7. The number of allylic oxidation sites excluding steroid dienone is 8. The summed E-state index contributed by atoms with van der Waals surface area (Å²) in [6.07, 6.45) is 15.4. The van der Waals surface area contributed by atoms with Crippen LogP contribution in [-0.4, -0.2) is 15.0 Å². The highest BCUT2D eigenvalue weighted by molar-refractivity contribution is 6.15. The van der Waals surface area contributed by atoms with E-state index in [1.807, 2.05) is 18.2 Å². The summed E-state index contributed by atoms with van der Waals surface area (Å²) in [5.41, 5.74) is 11.3. The Bertz CT molecular complexity index is 3110. The Morgan fingerprint density at radius 2 is 1.00 bits per heavy atom. The number of rotatable bonds is 6. The quantitative estimate of drug-likeness (QED) is 0.171. The third-order valence-corrected chi connectivity index (χ3v) is 11.3. The van der Waals surface area contributed by atoms with Crippen LogP contribution in [0.15, 0.2) is 205 Å². The number of benzene rings is 7. The molecule has 268 valence electrons. The van der Waals surface area contributed by atoms with Gasteiger partial charge in [0.25, 0.3) is 0 Å². The van der Waals surface area contributed by atoms with E-state index in [4.69, 9.17) is 19.4 Å². The molecule has 7 aromatic carbocycles. The van der Waals surface area contributed by atoms with Gasteiger partial charge in [-0.25, -0.2) is 15.0 Å². The number of furan rings is 1. The lowest BCUT2D eigenvalue weighted by atomic mass is 9.83. The third kappa shape index (κ3) is 5.90. The molecule has 2 aliphatic rings. The zero-order valence-corrected chi connectivity index (χ0v) is 31.0. The van der Waals surface area contributed by atoms with Crippen molar-refractivity contribution in [1.82, 2.24) is 15.0 Å². The van der Waals surface area contributed by atoms with E-state index < -0.39 is 0 Å². The average molecular weight is 730 g/mol. The number of aromatic nitrogens is 3. The minimum atomic E-state index is 0.250. The lowest BCUT2D eigenvalue weighted by Gasteiger charge is -2.22. The second-order valence-electron chi connectivity index (χ2n) is 14.7. The normalized spacial score (nSPS) is 16.0. The van der Waals surface area contributed by atoms with Gasteiger partial charge in [0.1, 0.15) is 11.2 Å². The Balaban J connectivity index is 1.04. The Labute approximate surface area is 330 Å². The number of fused-ring (bicyclic) bond motifs is 5. The molecule has 57 heavy (non-hydrogen) atoms. The first-order valence-corrected chi connectivity index (χ1v) is 19.4. The molecule has 0 saturated carbocycles. The van der Waals surface area contributed by atoms with Crippen LogP contribution in [0.25, 0.3) is 94.4 Å². The van der Waals surface area contributed by atoms with Crippen LogP contribution in [-0.2, 0) is 0 Å². The zero-order valence-electron chi connectivity index (χ0n) is 31.0. The summed E-state index contributed by atoms with van der Waals surface area (Å²) in [7, 11) is 0. The minimum absolute atomic E-state index is 0.250. The van der Waals surface area contributed by atoms with E-state index in [1.165, 1.54) is 27.5 Å². The Morgan fingerprint density at radius 1 is 0.404 bits per heavy atom. The van der Waals surface area contributed by atoms with Gasteiger partial charge in [-0.2, -0.15) is 0 Å². The van der Waals surface area contributed by atoms with Crippen molar-refractivity contribution in [1.29, 1.82) is 0 Å². The van der Waals surface area contributed by atoms with E-state index >= 15 is 0 Å². The molecule has 2 aliphatic carbocycles. The smallest absolute Gasteiger partial charge is 0.164 e. The van der Waals surface area contributed by atoms with Gasteiger partial charge in [-0.15, -0.1) is 0 Å². The van der Waals surface area contributed by atoms with E-state index in [9.17, 15) is 0 Å². The molecule has 0 aliphatic heterocycles. The molecular formula is C53H35N3O. The first kappa shape index (κ1) is 33.0. The minimum Gasteiger partial charge on any atom is -0.455 e. The molecule has 11 rings (SSSR count). The summed E-state index contributed by atoms with van der Waals surface area (Å²) in [6.45, 7) is 0. The van der Waals surface area contributed by atoms with E-state index in [1.54, 1.807) is 0 Å². The van der Waals surface area contributed by atoms with Crippen LogP contribution in [0.1, 0.15) is 5.82 Å². The SMILES string of the molecule is C1=CC2C=CC(c3nc(-c4ccc(-c5cccc6ccccc56)cc4)nc(-c4cccc5oc6c(-c7ccc(-c8ccccc8)cc7)cccc6c45)n3)=CC2C=C1. The van der Waals surface area contributed by atoms with Gasteiger partial charge in [0.05, 0.1) is 0 Å². The fraction of sp³-hybridized carbons (Fsp3) is 0.0377. The summed E-state index contributed by atoms with van der Waals surface area (Å²) in [5.74, 6) is 2.46. The molecule has 0 amide bonds. The van der Waals surface area contributed by atoms with Crippen molar-refractivity contribution >= 4 is 38.3 Å². The predicted molar refractivity (Wildman–Crippen MR) is 234 cm³/mol. The number of hydrogen-bond donors (Lipinski definition) is 0. The van der Waals surface area contributed by atoms with Crippen molar-refractivity contribution in [3.05, 3.63) is 206 Å². The molecule has 2 atom stereocenters. The van der Waals surface area contributed by atoms with Gasteiger partial charge in [-0.3, -0.25) is 0 Å². The van der Waals surface area contributed by atoms with Crippen molar-refractivity contribution in [2.45, 2.75) is 0 Å². The van der Waals surface area contributed by atoms with Gasteiger partial charge in [-0.05, 0) is 44.7 Å². The highest BCUT2D eigenvalue weighted by Gasteiger charge is 2.23. The van der Waals surface area contributed by atoms with Crippen molar-refractivity contribution in [2.24, 2.45) is 11.8 Å². The van der Waals surface area contributed by atoms with Crippen molar-refractivity contribution in [3.63, 3.8) is 0 Å². The van der Waals surface area contributed by atoms with Crippen LogP contribution >= 0.6 is 0 Å². The van der Waals surface area contributed by atoms with Gasteiger partial charge >= 0.3 is 0 Å². The maximum Gasteiger partial charge on any atom is 0.164 e. The van der Waals surface area contributed by atoms with Crippen LogP contribution < -0.4 is 0 Å². The van der Waals surface area contributed by atoms with E-state index in [0.29, 0.717) is 23.4 Å². The highest BCUT2D eigenvalue weighted by Crippen LogP contribution is 2.41. The van der Waals surface area contributed by atoms with Crippen LogP contribution in [0.3, 0.4) is 0 Å². The maximum atomic E-state index is 6.71. The Kier molecular flexibility index (Phi) is 7.92. The van der Waals surface area contributed by atoms with E-state index in [2.05, 4.69) is 182 Å². The maximum absolute atomic E-state index is 6.71. The van der Waals surface area contributed by atoms with Crippen molar-refractivity contribution in [2.75, 3.05) is 0 Å². The lowest BCUT2D eigenvalue weighted by molar-refractivity contribution is 0.662. The molecule has 0 bridgehead atoms. The van der Waals surface area contributed by atoms with Gasteiger partial charge in [0.15, 0.2) is 17.5 Å². The monoisotopic (exact) mass is 729 g/mol. The van der Waals surface area contributed by atoms with E-state index in [0.717, 1.165) is 55.3 Å². The van der Waals surface area contributed by atoms with Gasteiger partial charge in [-0.1, -0.05) is 194 Å². The van der Waals surface area contributed by atoms with Crippen LogP contribution in [0.4, 0.5) is 0 Å². The molecule has 2 aromatic heterocycles. The van der Waals surface area contributed by atoms with Crippen molar-refractivity contribution in [3.8, 4) is 56.2 Å². The van der Waals surface area contributed by atoms with Crippen LogP contribution in [0.2, 0.25) is 0 Å². The largest absolute Gasteiger partial charge is 0.455 e. The fourth-order valence-corrected chi connectivity index (χ4v) is 8.39. The van der Waals surface area contributed by atoms with Gasteiger partial charge in [0.2, 0.25) is 0 Å². The molecule has 9 aromatic rings. The molecule has 4 heteroatoms. The summed E-state index contributed by atoms with van der Waals surface area (Å²) in [4.78, 5) is 15.6. The molecule has 2 unspecified atom stereocenters. The van der Waals surface area contributed by atoms with Gasteiger partial charge < -0.3 is 4.42 Å². The van der Waals surface area contributed by atoms with Crippen LogP contribution in [0, 0.1) is 11.8 Å². The highest BCUT2D eigenvalue weighted by atomic mass is 16.3. The second kappa shape index (κ2) is 13.7. The number of hydrogen-bond acceptors (Lipinski definition) is 4. The fourth-order valence-electron chi connectivity index (χ4n) is 8.39. The summed E-state index contributed by atoms with van der Waals surface area (Å²) < 4.78 is 6.71. The zero-order chi connectivity index (χ0) is 37.7. The Hall–Kier alpha value is -7.43. The third-order valence-electron chi connectivity index (χ3n) is 11.3. The lowest BCUT2D eigenvalue weighted by Crippen LogP contribution is -2.12. The molecule has 0 spiro atoms. The Morgan fingerprint density at radius 3 is 1.86 bits per heavy atom. The summed E-state index contributed by atoms with van der Waals surface area (Å²) >= 11 is 0. The molecule has 4 nitrogen and oxygen atoms in total.